The maximum atomic E-state index is 12.7. The Kier molecular flexibility index (Phi) is 40.9. The molecule has 0 aliphatic carbocycles. The van der Waals surface area contributed by atoms with Crippen LogP contribution in [0, 0.1) is 0 Å². The van der Waals surface area contributed by atoms with E-state index in [9.17, 15) is 60.0 Å². The monoisotopic (exact) mass is 1080 g/mol. The van der Waals surface area contributed by atoms with Crippen molar-refractivity contribution in [3.63, 3.8) is 0 Å². The quantitative estimate of drug-likeness (QED) is 0.0256. The number of esters is 2. The minimum Gasteiger partial charge on any atom is -0.550 e. The smallest absolute Gasteiger partial charge is 0.308 e. The third kappa shape index (κ3) is 36.3. The van der Waals surface area contributed by atoms with Gasteiger partial charge < -0.3 is 79.8 Å². The molecule has 2 rings (SSSR count). The van der Waals surface area contributed by atoms with Gasteiger partial charge in [0.25, 0.3) is 0 Å². The van der Waals surface area contributed by atoms with E-state index >= 15 is 0 Å². The van der Waals surface area contributed by atoms with Gasteiger partial charge in [-0.3, -0.25) is 14.4 Å². The van der Waals surface area contributed by atoms with E-state index in [1.54, 1.807) is 13.8 Å². The molecule has 0 saturated carbocycles. The molecule has 75 heavy (non-hydrogen) atoms. The van der Waals surface area contributed by atoms with Gasteiger partial charge in [-0.25, -0.2) is 0 Å². The van der Waals surface area contributed by atoms with Crippen LogP contribution in [0.1, 0.15) is 242 Å². The average molecular weight is 1080 g/mol. The number of carbonyl (C=O) groups is 4. The van der Waals surface area contributed by atoms with Crippen LogP contribution in [0.15, 0.2) is 0 Å². The van der Waals surface area contributed by atoms with E-state index in [0.717, 1.165) is 128 Å². The number of ether oxygens (including phenoxy) is 6. The fraction of sp³-hybridized carbons (Fsp3) is 0.929. The summed E-state index contributed by atoms with van der Waals surface area (Å²) in [6.45, 7) is 17.9. The van der Waals surface area contributed by atoms with Crippen molar-refractivity contribution in [3.8, 4) is 0 Å². The number of rotatable bonds is 38. The molecule has 0 bridgehead atoms. The molecule has 10 unspecified atom stereocenters. The van der Waals surface area contributed by atoms with Gasteiger partial charge in [-0.2, -0.15) is 0 Å². The van der Waals surface area contributed by atoms with E-state index in [2.05, 4.69) is 54.2 Å². The van der Waals surface area contributed by atoms with Crippen molar-refractivity contribution >= 4 is 23.9 Å². The van der Waals surface area contributed by atoms with E-state index < -0.39 is 110 Å². The summed E-state index contributed by atoms with van der Waals surface area (Å²) in [5.41, 5.74) is 4.02. The molecule has 19 nitrogen and oxygen atoms in total. The zero-order valence-electron chi connectivity index (χ0n) is 47.7. The third-order valence-corrected chi connectivity index (χ3v) is 13.0. The van der Waals surface area contributed by atoms with Crippen molar-refractivity contribution in [3.05, 3.63) is 0 Å². The lowest BCUT2D eigenvalue weighted by molar-refractivity contribution is -0.458. The van der Waals surface area contributed by atoms with E-state index in [0.29, 0.717) is 25.7 Å². The fourth-order valence-electron chi connectivity index (χ4n) is 8.60. The molecule has 2 fully saturated rings. The highest BCUT2D eigenvalue weighted by Gasteiger charge is 2.45. The van der Waals surface area contributed by atoms with Crippen LogP contribution in [-0.2, 0) is 47.6 Å². The standard InChI is InChI=1S/2C26H48O9.C4H11N/c2*1-4-6-8-10-12-14-19(16-21(27)28)34-22(29)17-20(15-13-11-9-7-5-2)35-26-25(32)24(31)23(30)18(3)33-26;1-4(2,3)5/h2*18-20,23-26,30-32H,4-17H2,1-3H3,(H,27,28);5H2,1-3H3/t2*18?,19-,20-,23?,24?,25?,26?;/m11./s1. The van der Waals surface area contributed by atoms with Crippen LogP contribution in [0.25, 0.3) is 0 Å². The maximum Gasteiger partial charge on any atom is 0.308 e. The number of hydrogen-bond acceptors (Lipinski definition) is 17. The topological polar surface area (TPSA) is 316 Å². The molecule has 0 aromatic heterocycles. The molecule has 0 aromatic rings. The first-order valence-electron chi connectivity index (χ1n) is 28.7. The SMILES string of the molecule is CC(C)(C)[NH3+].CCCCCCC[C@H](CC(=O)O)OC(=O)C[C@@H](CCCCCCC)OC1OC(C)C(O)C(O)C1O.CCCCCCC[C@H](CC(=O)[O-])OC(=O)C[C@@H](CCCCCCC)OC1OC(C)C(O)C(O)C1O. The zero-order valence-corrected chi connectivity index (χ0v) is 47.7. The van der Waals surface area contributed by atoms with Gasteiger partial charge in [-0.05, 0) is 73.1 Å². The first-order valence-corrected chi connectivity index (χ1v) is 28.7. The number of carbonyl (C=O) groups excluding carboxylic acids is 3. The van der Waals surface area contributed by atoms with Gasteiger partial charge in [0.2, 0.25) is 0 Å². The molecular weight excluding hydrogens is 975 g/mol. The first kappa shape index (κ1) is 72.4. The maximum absolute atomic E-state index is 12.7. The Balaban J connectivity index is 0.00000134. The van der Waals surface area contributed by atoms with Crippen molar-refractivity contribution < 1.29 is 94.2 Å². The highest BCUT2D eigenvalue weighted by molar-refractivity contribution is 5.72. The summed E-state index contributed by atoms with van der Waals surface area (Å²) in [5, 5.41) is 81.0. The van der Waals surface area contributed by atoms with Crippen molar-refractivity contribution in [2.24, 2.45) is 0 Å². The van der Waals surface area contributed by atoms with Gasteiger partial charge in [-0.1, -0.05) is 143 Å². The molecule has 0 spiro atoms. The molecule has 0 aromatic carbocycles. The molecule has 2 aliphatic rings. The Morgan fingerprint density at radius 1 is 0.467 bits per heavy atom. The van der Waals surface area contributed by atoms with E-state index in [-0.39, 0.29) is 31.2 Å². The van der Waals surface area contributed by atoms with Gasteiger partial charge in [0.1, 0.15) is 48.8 Å². The predicted molar refractivity (Wildman–Crippen MR) is 281 cm³/mol. The number of quaternary nitrogens is 1. The van der Waals surface area contributed by atoms with E-state index in [1.165, 1.54) is 0 Å². The third-order valence-electron chi connectivity index (χ3n) is 13.0. The molecule has 14 atom stereocenters. The molecule has 10 N–H and O–H groups in total. The van der Waals surface area contributed by atoms with Crippen molar-refractivity contribution in [2.45, 2.75) is 333 Å². The Bertz CT molecular complexity index is 1360. The molecule has 2 heterocycles. The van der Waals surface area contributed by atoms with Crippen molar-refractivity contribution in [2.75, 3.05) is 0 Å². The number of aliphatic hydroxyl groups excluding tert-OH is 6. The summed E-state index contributed by atoms with van der Waals surface area (Å²) in [6.07, 6.45) is 6.42. The molecular formula is C56H107NO18. The largest absolute Gasteiger partial charge is 0.550 e. The van der Waals surface area contributed by atoms with Gasteiger partial charge >= 0.3 is 17.9 Å². The molecule has 0 radical (unpaired) electrons. The normalized spacial score (nSPS) is 25.3. The van der Waals surface area contributed by atoms with Gasteiger partial charge in [0, 0.05) is 12.4 Å². The highest BCUT2D eigenvalue weighted by atomic mass is 16.7. The number of aliphatic carboxylic acids is 2. The molecule has 2 aliphatic heterocycles. The Morgan fingerprint density at radius 2 is 0.747 bits per heavy atom. The van der Waals surface area contributed by atoms with Gasteiger partial charge in [0.05, 0.1) is 49.2 Å². The number of carboxylic acid groups (broad SMARTS) is 2. The summed E-state index contributed by atoms with van der Waals surface area (Å²) in [6, 6.07) is 0. The average Bonchev–Trinajstić information content (AvgIpc) is 3.32. The summed E-state index contributed by atoms with van der Waals surface area (Å²) in [5.74, 6) is -3.41. The Hall–Kier alpha value is -2.56. The minimum atomic E-state index is -1.46. The van der Waals surface area contributed by atoms with Crippen LogP contribution in [-0.4, -0.2) is 151 Å². The summed E-state index contributed by atoms with van der Waals surface area (Å²) in [4.78, 5) is 47.8. The lowest BCUT2D eigenvalue weighted by atomic mass is 9.99. The van der Waals surface area contributed by atoms with Crippen LogP contribution >= 0.6 is 0 Å². The number of unbranched alkanes of at least 4 members (excludes halogenated alkanes) is 16. The second-order valence-electron chi connectivity index (χ2n) is 22.1. The van der Waals surface area contributed by atoms with E-state index in [1.807, 2.05) is 0 Å². The summed E-state index contributed by atoms with van der Waals surface area (Å²) >= 11 is 0. The van der Waals surface area contributed by atoms with Crippen LogP contribution in [0.5, 0.6) is 0 Å². The predicted octanol–water partition coefficient (Wildman–Crippen LogP) is 6.09. The van der Waals surface area contributed by atoms with Crippen LogP contribution in [0.4, 0.5) is 0 Å². The van der Waals surface area contributed by atoms with Gasteiger partial charge in [-0.15, -0.1) is 0 Å². The first-order chi connectivity index (χ1) is 35.4. The summed E-state index contributed by atoms with van der Waals surface area (Å²) in [7, 11) is 0. The second kappa shape index (κ2) is 42.4. The molecule has 2 saturated heterocycles. The second-order valence-corrected chi connectivity index (χ2v) is 22.1. The van der Waals surface area contributed by atoms with Crippen LogP contribution in [0.3, 0.4) is 0 Å². The molecule has 444 valence electrons. The van der Waals surface area contributed by atoms with E-state index in [4.69, 9.17) is 28.4 Å². The number of hydrogen-bond donors (Lipinski definition) is 8. The lowest BCUT2D eigenvalue weighted by Crippen LogP contribution is -2.67. The van der Waals surface area contributed by atoms with Gasteiger partial charge in [0.15, 0.2) is 12.6 Å². The Labute approximate surface area is 450 Å². The molecule has 19 heteroatoms. The fourth-order valence-corrected chi connectivity index (χ4v) is 8.60. The van der Waals surface area contributed by atoms with Crippen LogP contribution < -0.4 is 10.8 Å². The molecule has 0 amide bonds. The minimum absolute atomic E-state index is 0.112. The number of carboxylic acids is 2. The highest BCUT2D eigenvalue weighted by Crippen LogP contribution is 2.28. The van der Waals surface area contributed by atoms with Crippen LogP contribution in [0.2, 0.25) is 0 Å². The number of aliphatic hydroxyl groups is 6. The van der Waals surface area contributed by atoms with Crippen molar-refractivity contribution in [1.82, 2.24) is 0 Å². The summed E-state index contributed by atoms with van der Waals surface area (Å²) < 4.78 is 33.9. The van der Waals surface area contributed by atoms with Crippen molar-refractivity contribution in [1.29, 1.82) is 0 Å². The Morgan fingerprint density at radius 3 is 1.03 bits per heavy atom. The lowest BCUT2D eigenvalue weighted by Gasteiger charge is -2.40. The zero-order chi connectivity index (χ0) is 56.9.